The van der Waals surface area contributed by atoms with Crippen molar-refractivity contribution in [2.24, 2.45) is 0 Å². The number of rotatable bonds is 3. The van der Waals surface area contributed by atoms with Crippen LogP contribution in [0.5, 0.6) is 5.75 Å². The lowest BCUT2D eigenvalue weighted by Gasteiger charge is -2.10. The molecule has 1 heterocycles. The molecule has 1 aliphatic heterocycles. The molecular weight excluding hydrogens is 218 g/mol. The Labute approximate surface area is 92.5 Å². The van der Waals surface area contributed by atoms with Crippen molar-refractivity contribution >= 4 is 24.2 Å². The number of aliphatic hydroxyl groups is 1. The standard InChI is InChI=1S/C9H10BClO4/c11-7-1-2-8(14-4-3-12)9-6(7)5-15-10(9)13/h1-2,12-13H,3-5H2. The molecule has 4 nitrogen and oxygen atoms in total. The van der Waals surface area contributed by atoms with Gasteiger partial charge in [0.2, 0.25) is 0 Å². The Bertz CT molecular complexity index is 371. The summed E-state index contributed by atoms with van der Waals surface area (Å²) >= 11 is 5.94. The highest BCUT2D eigenvalue weighted by Crippen LogP contribution is 2.25. The van der Waals surface area contributed by atoms with Gasteiger partial charge in [-0.2, -0.15) is 0 Å². The second-order valence-corrected chi connectivity index (χ2v) is 3.58. The molecular formula is C9H10BClO4. The summed E-state index contributed by atoms with van der Waals surface area (Å²) in [5, 5.41) is 18.8. The Morgan fingerprint density at radius 2 is 2.33 bits per heavy atom. The molecule has 2 rings (SSSR count). The molecule has 1 aliphatic rings. The van der Waals surface area contributed by atoms with Crippen LogP contribution < -0.4 is 10.2 Å². The molecule has 0 spiro atoms. The van der Waals surface area contributed by atoms with Crippen LogP contribution in [0.25, 0.3) is 0 Å². The minimum Gasteiger partial charge on any atom is -0.492 e. The second-order valence-electron chi connectivity index (χ2n) is 3.17. The van der Waals surface area contributed by atoms with Crippen LogP contribution in [0.4, 0.5) is 0 Å². The molecule has 1 aromatic carbocycles. The molecule has 0 amide bonds. The number of ether oxygens (including phenoxy) is 1. The number of fused-ring (bicyclic) bond motifs is 1. The summed E-state index contributed by atoms with van der Waals surface area (Å²) in [6, 6.07) is 3.35. The highest BCUT2D eigenvalue weighted by atomic mass is 35.5. The van der Waals surface area contributed by atoms with Gasteiger partial charge in [0.15, 0.2) is 0 Å². The predicted molar refractivity (Wildman–Crippen MR) is 56.4 cm³/mol. The Balaban J connectivity index is 2.36. The highest BCUT2D eigenvalue weighted by Gasteiger charge is 2.32. The summed E-state index contributed by atoms with van der Waals surface area (Å²) in [5.74, 6) is 0.508. The van der Waals surface area contributed by atoms with Gasteiger partial charge in [-0.05, 0) is 17.7 Å². The zero-order valence-corrected chi connectivity index (χ0v) is 8.70. The van der Waals surface area contributed by atoms with Gasteiger partial charge in [0, 0.05) is 10.5 Å². The van der Waals surface area contributed by atoms with Crippen LogP contribution in [-0.2, 0) is 11.3 Å². The number of hydrogen-bond donors (Lipinski definition) is 2. The monoisotopic (exact) mass is 228 g/mol. The summed E-state index contributed by atoms with van der Waals surface area (Å²) in [5.41, 5.74) is 1.32. The van der Waals surface area contributed by atoms with E-state index in [-0.39, 0.29) is 19.8 Å². The van der Waals surface area contributed by atoms with Gasteiger partial charge in [-0.1, -0.05) is 11.6 Å². The third-order valence-corrected chi connectivity index (χ3v) is 2.60. The molecule has 0 saturated carbocycles. The normalized spacial score (nSPS) is 14.2. The van der Waals surface area contributed by atoms with Crippen LogP contribution in [0.15, 0.2) is 12.1 Å². The summed E-state index contributed by atoms with van der Waals surface area (Å²) in [4.78, 5) is 0. The lowest BCUT2D eigenvalue weighted by atomic mass is 9.79. The van der Waals surface area contributed by atoms with Crippen molar-refractivity contribution in [3.05, 3.63) is 22.7 Å². The molecule has 0 saturated heterocycles. The van der Waals surface area contributed by atoms with Gasteiger partial charge in [-0.25, -0.2) is 0 Å². The van der Waals surface area contributed by atoms with Crippen molar-refractivity contribution in [1.82, 2.24) is 0 Å². The van der Waals surface area contributed by atoms with Crippen LogP contribution in [0.1, 0.15) is 5.56 Å². The van der Waals surface area contributed by atoms with Crippen molar-refractivity contribution in [2.45, 2.75) is 6.61 Å². The minimum atomic E-state index is -0.993. The molecule has 0 radical (unpaired) electrons. The quantitative estimate of drug-likeness (QED) is 0.711. The molecule has 80 valence electrons. The molecule has 15 heavy (non-hydrogen) atoms. The average molecular weight is 228 g/mol. The first kappa shape index (κ1) is 10.8. The predicted octanol–water partition coefficient (Wildman–Crippen LogP) is -0.0712. The van der Waals surface area contributed by atoms with Crippen molar-refractivity contribution in [2.75, 3.05) is 13.2 Å². The van der Waals surface area contributed by atoms with Gasteiger partial charge < -0.3 is 19.5 Å². The van der Waals surface area contributed by atoms with Gasteiger partial charge in [0.25, 0.3) is 0 Å². The van der Waals surface area contributed by atoms with E-state index in [9.17, 15) is 5.02 Å². The minimum absolute atomic E-state index is 0.0750. The molecule has 0 fully saturated rings. The maximum absolute atomic E-state index is 9.56. The molecule has 2 N–H and O–H groups in total. The first-order valence-electron chi connectivity index (χ1n) is 4.58. The third-order valence-electron chi connectivity index (χ3n) is 2.24. The largest absolute Gasteiger partial charge is 0.495 e. The summed E-state index contributed by atoms with van der Waals surface area (Å²) in [6.07, 6.45) is 0. The molecule has 6 heteroatoms. The first-order chi connectivity index (χ1) is 7.24. The zero-order chi connectivity index (χ0) is 10.8. The van der Waals surface area contributed by atoms with Crippen LogP contribution in [0, 0.1) is 0 Å². The van der Waals surface area contributed by atoms with E-state index in [2.05, 4.69) is 0 Å². The average Bonchev–Trinajstić information content (AvgIpc) is 2.61. The van der Waals surface area contributed by atoms with Crippen LogP contribution >= 0.6 is 11.6 Å². The summed E-state index contributed by atoms with van der Waals surface area (Å²) in [7, 11) is -0.993. The van der Waals surface area contributed by atoms with E-state index in [0.717, 1.165) is 5.56 Å². The molecule has 0 unspecified atom stereocenters. The topological polar surface area (TPSA) is 58.9 Å². The van der Waals surface area contributed by atoms with Crippen molar-refractivity contribution in [1.29, 1.82) is 0 Å². The summed E-state index contributed by atoms with van der Waals surface area (Å²) in [6.45, 7) is 0.390. The highest BCUT2D eigenvalue weighted by molar-refractivity contribution is 6.63. The Morgan fingerprint density at radius 1 is 1.53 bits per heavy atom. The second kappa shape index (κ2) is 4.41. The van der Waals surface area contributed by atoms with Crippen molar-refractivity contribution in [3.8, 4) is 5.75 Å². The fourth-order valence-electron chi connectivity index (χ4n) is 1.56. The van der Waals surface area contributed by atoms with Crippen LogP contribution in [0.2, 0.25) is 5.02 Å². The van der Waals surface area contributed by atoms with Gasteiger partial charge in [-0.3, -0.25) is 0 Å². The fraction of sp³-hybridized carbons (Fsp3) is 0.333. The molecule has 1 aromatic rings. The Morgan fingerprint density at radius 3 is 3.07 bits per heavy atom. The van der Waals surface area contributed by atoms with E-state index >= 15 is 0 Å². The number of benzene rings is 1. The maximum Gasteiger partial charge on any atom is 0.495 e. The Kier molecular flexibility index (Phi) is 3.16. The van der Waals surface area contributed by atoms with Crippen molar-refractivity contribution in [3.63, 3.8) is 0 Å². The Hall–Kier alpha value is -0.745. The smallest absolute Gasteiger partial charge is 0.492 e. The zero-order valence-electron chi connectivity index (χ0n) is 7.94. The fourth-order valence-corrected chi connectivity index (χ4v) is 1.78. The van der Waals surface area contributed by atoms with E-state index < -0.39 is 7.12 Å². The molecule has 0 atom stereocenters. The van der Waals surface area contributed by atoms with Gasteiger partial charge >= 0.3 is 7.12 Å². The van der Waals surface area contributed by atoms with E-state index in [1.165, 1.54) is 0 Å². The molecule has 0 aromatic heterocycles. The van der Waals surface area contributed by atoms with E-state index in [1.807, 2.05) is 0 Å². The molecule has 0 bridgehead atoms. The van der Waals surface area contributed by atoms with Crippen LogP contribution in [0.3, 0.4) is 0 Å². The van der Waals surface area contributed by atoms with E-state index in [4.69, 9.17) is 26.1 Å². The van der Waals surface area contributed by atoms with Gasteiger partial charge in [0.05, 0.1) is 13.2 Å². The van der Waals surface area contributed by atoms with Crippen LogP contribution in [-0.4, -0.2) is 30.5 Å². The van der Waals surface area contributed by atoms with Gasteiger partial charge in [-0.15, -0.1) is 0 Å². The lowest BCUT2D eigenvalue weighted by Crippen LogP contribution is -2.30. The van der Waals surface area contributed by atoms with Gasteiger partial charge in [0.1, 0.15) is 12.4 Å². The van der Waals surface area contributed by atoms with E-state index in [0.29, 0.717) is 16.2 Å². The number of halogens is 1. The number of aliphatic hydroxyl groups excluding tert-OH is 1. The summed E-state index contributed by atoms with van der Waals surface area (Å²) < 4.78 is 10.3. The lowest BCUT2D eigenvalue weighted by molar-refractivity contribution is 0.202. The first-order valence-corrected chi connectivity index (χ1v) is 4.96. The SMILES string of the molecule is OCCOc1ccc(Cl)c2c1B(O)OC2. The third kappa shape index (κ3) is 1.96. The molecule has 0 aliphatic carbocycles. The number of hydrogen-bond acceptors (Lipinski definition) is 4. The van der Waals surface area contributed by atoms with Crippen molar-refractivity contribution < 1.29 is 19.5 Å². The maximum atomic E-state index is 9.56. The van der Waals surface area contributed by atoms with E-state index in [1.54, 1.807) is 12.1 Å².